The van der Waals surface area contributed by atoms with Crippen molar-refractivity contribution in [3.05, 3.63) is 23.6 Å². The summed E-state index contributed by atoms with van der Waals surface area (Å²) >= 11 is 1.74. The Morgan fingerprint density at radius 3 is 2.94 bits per heavy atom. The van der Waals surface area contributed by atoms with E-state index in [1.54, 1.807) is 11.3 Å². The fraction of sp³-hybridized carbons (Fsp3) is 0.500. The molecule has 3 heterocycles. The van der Waals surface area contributed by atoms with Crippen LogP contribution < -0.4 is 5.32 Å². The Bertz CT molecular complexity index is 534. The minimum Gasteiger partial charge on any atom is -0.370 e. The highest BCUT2D eigenvalue weighted by Crippen LogP contribution is 2.39. The lowest BCUT2D eigenvalue weighted by molar-refractivity contribution is 0.211. The summed E-state index contributed by atoms with van der Waals surface area (Å²) in [5.74, 6) is 1.16. The van der Waals surface area contributed by atoms with E-state index < -0.39 is 0 Å². The number of hydrogen-bond donors (Lipinski definition) is 1. The number of anilines is 1. The summed E-state index contributed by atoms with van der Waals surface area (Å²) in [5, 5.41) is 10.4. The maximum atomic E-state index is 4.81. The molecule has 0 saturated carbocycles. The average molecular weight is 261 g/mol. The van der Waals surface area contributed by atoms with Crippen molar-refractivity contribution in [2.24, 2.45) is 5.41 Å². The third-order valence-corrected chi connectivity index (χ3v) is 4.42. The first-order chi connectivity index (χ1) is 8.55. The van der Waals surface area contributed by atoms with E-state index in [1.165, 1.54) is 4.88 Å². The fourth-order valence-electron chi connectivity index (χ4n) is 2.57. The van der Waals surface area contributed by atoms with Gasteiger partial charge < -0.3 is 5.32 Å². The summed E-state index contributed by atoms with van der Waals surface area (Å²) in [6, 6.07) is 6.85. The van der Waals surface area contributed by atoms with Gasteiger partial charge in [0.05, 0.1) is 10.9 Å². The van der Waals surface area contributed by atoms with E-state index in [0.717, 1.165) is 24.5 Å². The fourth-order valence-corrected chi connectivity index (χ4v) is 3.25. The van der Waals surface area contributed by atoms with Crippen LogP contribution in [-0.4, -0.2) is 16.3 Å². The van der Waals surface area contributed by atoms with E-state index in [-0.39, 0.29) is 5.41 Å². The van der Waals surface area contributed by atoms with Gasteiger partial charge in [0.25, 0.3) is 0 Å². The molecule has 0 aromatic carbocycles. The summed E-state index contributed by atoms with van der Waals surface area (Å²) < 4.78 is 2.18. The average Bonchev–Trinajstić information content (AvgIpc) is 2.95. The molecular formula is C14H19N3S. The van der Waals surface area contributed by atoms with Crippen molar-refractivity contribution in [1.29, 1.82) is 0 Å². The SMILES string of the molecule is CC(C)(C)C1CCNc2cc(-c3cccs3)nn21. The molecule has 1 unspecified atom stereocenters. The Kier molecular flexibility index (Phi) is 2.70. The van der Waals surface area contributed by atoms with Crippen LogP contribution >= 0.6 is 11.3 Å². The predicted octanol–water partition coefficient (Wildman–Crippen LogP) is 4.01. The lowest BCUT2D eigenvalue weighted by Crippen LogP contribution is -2.32. The van der Waals surface area contributed by atoms with Gasteiger partial charge in [0.15, 0.2) is 0 Å². The highest BCUT2D eigenvalue weighted by Gasteiger charge is 2.31. The maximum Gasteiger partial charge on any atom is 0.125 e. The number of fused-ring (bicyclic) bond motifs is 1. The molecular weight excluding hydrogens is 242 g/mol. The molecule has 4 heteroatoms. The quantitative estimate of drug-likeness (QED) is 0.840. The van der Waals surface area contributed by atoms with E-state index in [4.69, 9.17) is 5.10 Å². The van der Waals surface area contributed by atoms with Crippen LogP contribution in [-0.2, 0) is 0 Å². The van der Waals surface area contributed by atoms with Gasteiger partial charge in [-0.2, -0.15) is 5.10 Å². The zero-order valence-corrected chi connectivity index (χ0v) is 11.9. The van der Waals surface area contributed by atoms with Crippen molar-refractivity contribution in [2.45, 2.75) is 33.2 Å². The summed E-state index contributed by atoms with van der Waals surface area (Å²) in [6.07, 6.45) is 1.14. The molecule has 1 N–H and O–H groups in total. The molecule has 3 nitrogen and oxygen atoms in total. The summed E-state index contributed by atoms with van der Waals surface area (Å²) in [7, 11) is 0. The normalized spacial score (nSPS) is 19.4. The second-order valence-corrected chi connectivity index (χ2v) is 6.88. The van der Waals surface area contributed by atoms with Crippen LogP contribution in [0.25, 0.3) is 10.6 Å². The number of rotatable bonds is 1. The van der Waals surface area contributed by atoms with Gasteiger partial charge in [0.1, 0.15) is 11.5 Å². The van der Waals surface area contributed by atoms with E-state index in [2.05, 4.69) is 54.3 Å². The molecule has 0 fully saturated rings. The molecule has 0 spiro atoms. The molecule has 0 amide bonds. The molecule has 0 bridgehead atoms. The van der Waals surface area contributed by atoms with E-state index in [9.17, 15) is 0 Å². The molecule has 3 rings (SSSR count). The van der Waals surface area contributed by atoms with Gasteiger partial charge >= 0.3 is 0 Å². The Morgan fingerprint density at radius 1 is 1.44 bits per heavy atom. The van der Waals surface area contributed by atoms with Crippen LogP contribution in [0.15, 0.2) is 23.6 Å². The Balaban J connectivity index is 2.03. The van der Waals surface area contributed by atoms with Crippen molar-refractivity contribution in [1.82, 2.24) is 9.78 Å². The van der Waals surface area contributed by atoms with Crippen molar-refractivity contribution in [3.8, 4) is 10.6 Å². The Hall–Kier alpha value is -1.29. The van der Waals surface area contributed by atoms with Crippen molar-refractivity contribution < 1.29 is 0 Å². The zero-order valence-electron chi connectivity index (χ0n) is 11.1. The van der Waals surface area contributed by atoms with Gasteiger partial charge in [-0.1, -0.05) is 26.8 Å². The van der Waals surface area contributed by atoms with Gasteiger partial charge in [-0.15, -0.1) is 11.3 Å². The van der Waals surface area contributed by atoms with E-state index in [1.807, 2.05) is 0 Å². The molecule has 1 aliphatic heterocycles. The summed E-state index contributed by atoms with van der Waals surface area (Å²) in [4.78, 5) is 1.24. The monoisotopic (exact) mass is 261 g/mol. The largest absolute Gasteiger partial charge is 0.370 e. The molecule has 0 radical (unpaired) electrons. The summed E-state index contributed by atoms with van der Waals surface area (Å²) in [5.41, 5.74) is 1.33. The molecule has 0 aliphatic carbocycles. The predicted molar refractivity (Wildman–Crippen MR) is 77.1 cm³/mol. The first-order valence-electron chi connectivity index (χ1n) is 6.43. The third-order valence-electron chi connectivity index (χ3n) is 3.53. The van der Waals surface area contributed by atoms with E-state index in [0.29, 0.717) is 6.04 Å². The Morgan fingerprint density at radius 2 is 2.28 bits per heavy atom. The second kappa shape index (κ2) is 4.12. The van der Waals surface area contributed by atoms with E-state index >= 15 is 0 Å². The first kappa shape index (κ1) is 11.8. The second-order valence-electron chi connectivity index (χ2n) is 5.93. The van der Waals surface area contributed by atoms with Crippen LogP contribution in [0.1, 0.15) is 33.2 Å². The topological polar surface area (TPSA) is 29.9 Å². The minimum absolute atomic E-state index is 0.246. The number of thiophene rings is 1. The zero-order chi connectivity index (χ0) is 12.8. The number of nitrogens with one attached hydrogen (secondary N) is 1. The van der Waals surface area contributed by atoms with Crippen LogP contribution in [0.4, 0.5) is 5.82 Å². The van der Waals surface area contributed by atoms with Gasteiger partial charge in [0, 0.05) is 12.6 Å². The van der Waals surface area contributed by atoms with Gasteiger partial charge in [-0.05, 0) is 23.3 Å². The molecule has 18 heavy (non-hydrogen) atoms. The first-order valence-corrected chi connectivity index (χ1v) is 7.31. The highest BCUT2D eigenvalue weighted by molar-refractivity contribution is 7.13. The minimum atomic E-state index is 0.246. The standard InChI is InChI=1S/C14H19N3S/c1-14(2,3)12-6-7-15-13-9-10(16-17(12)13)11-5-4-8-18-11/h4-5,8-9,12,15H,6-7H2,1-3H3. The summed E-state index contributed by atoms with van der Waals surface area (Å²) in [6.45, 7) is 7.91. The molecule has 1 aliphatic rings. The van der Waals surface area contributed by atoms with Gasteiger partial charge in [0.2, 0.25) is 0 Å². The number of hydrogen-bond acceptors (Lipinski definition) is 3. The smallest absolute Gasteiger partial charge is 0.125 e. The highest BCUT2D eigenvalue weighted by atomic mass is 32.1. The molecule has 96 valence electrons. The molecule has 0 saturated heterocycles. The number of nitrogens with zero attached hydrogens (tertiary/aromatic N) is 2. The van der Waals surface area contributed by atoms with Gasteiger partial charge in [-0.25, -0.2) is 4.68 Å². The molecule has 2 aromatic heterocycles. The van der Waals surface area contributed by atoms with Crippen molar-refractivity contribution in [2.75, 3.05) is 11.9 Å². The lowest BCUT2D eigenvalue weighted by atomic mass is 9.84. The molecule has 2 aromatic rings. The Labute approximate surface area is 112 Å². The third kappa shape index (κ3) is 1.94. The van der Waals surface area contributed by atoms with Crippen LogP contribution in [0, 0.1) is 5.41 Å². The maximum absolute atomic E-state index is 4.81. The van der Waals surface area contributed by atoms with Crippen LogP contribution in [0.5, 0.6) is 0 Å². The van der Waals surface area contributed by atoms with Gasteiger partial charge in [-0.3, -0.25) is 0 Å². The molecule has 1 atom stereocenters. The lowest BCUT2D eigenvalue weighted by Gasteiger charge is -2.35. The van der Waals surface area contributed by atoms with Crippen LogP contribution in [0.3, 0.4) is 0 Å². The number of aromatic nitrogens is 2. The van der Waals surface area contributed by atoms with Crippen molar-refractivity contribution in [3.63, 3.8) is 0 Å². The van der Waals surface area contributed by atoms with Crippen molar-refractivity contribution >= 4 is 17.2 Å². The van der Waals surface area contributed by atoms with Crippen LogP contribution in [0.2, 0.25) is 0 Å².